The van der Waals surface area contributed by atoms with Crippen LogP contribution in [0.1, 0.15) is 17.4 Å². The third-order valence-corrected chi connectivity index (χ3v) is 7.48. The third kappa shape index (κ3) is 6.89. The van der Waals surface area contributed by atoms with Crippen LogP contribution in [0.2, 0.25) is 0 Å². The smallest absolute Gasteiger partial charge is 0.184 e. The van der Waals surface area contributed by atoms with E-state index < -0.39 is 37.0 Å². The van der Waals surface area contributed by atoms with Crippen LogP contribution in [0.4, 0.5) is 0 Å². The highest BCUT2D eigenvalue weighted by atomic mass is 32.2. The van der Waals surface area contributed by atoms with Crippen molar-refractivity contribution in [1.29, 1.82) is 0 Å². The Morgan fingerprint density at radius 2 is 1.54 bits per heavy atom. The molecule has 5 rings (SSSR count). The van der Waals surface area contributed by atoms with Gasteiger partial charge in [0.15, 0.2) is 12.6 Å². The molecule has 3 aromatic carbocycles. The van der Waals surface area contributed by atoms with Gasteiger partial charge < -0.3 is 28.8 Å². The number of thioether (sulfide) groups is 1. The molecule has 7 heteroatoms. The summed E-state index contributed by atoms with van der Waals surface area (Å²) < 4.78 is 30.8. The second-order valence-electron chi connectivity index (χ2n) is 9.13. The van der Waals surface area contributed by atoms with E-state index in [0.29, 0.717) is 12.4 Å². The van der Waals surface area contributed by atoms with Crippen molar-refractivity contribution >= 4 is 11.8 Å². The second kappa shape index (κ2) is 12.8. The molecule has 194 valence electrons. The van der Waals surface area contributed by atoms with E-state index in [1.165, 1.54) is 4.90 Å². The summed E-state index contributed by atoms with van der Waals surface area (Å²) in [6.07, 6.45) is -4.02. The molecule has 2 aliphatic rings. The topological polar surface area (TPSA) is 66.4 Å². The SMILES string of the molecule is C=C(CO[C@@H]1[C@@H](OCc2ccccc2)[C@@H]2OC(c3ccccc3)OC[C@H]2O[C@H]1O)CSc1ccccc1. The summed E-state index contributed by atoms with van der Waals surface area (Å²) in [6, 6.07) is 29.8. The molecule has 2 saturated heterocycles. The molecule has 1 N–H and O–H groups in total. The Bertz CT molecular complexity index is 1110. The van der Waals surface area contributed by atoms with E-state index in [9.17, 15) is 5.11 Å². The number of ether oxygens (including phenoxy) is 5. The summed E-state index contributed by atoms with van der Waals surface area (Å²) in [5.74, 6) is 0.704. The molecule has 6 atom stereocenters. The van der Waals surface area contributed by atoms with Crippen molar-refractivity contribution in [2.45, 2.75) is 48.5 Å². The van der Waals surface area contributed by atoms with Gasteiger partial charge in [-0.1, -0.05) is 85.4 Å². The van der Waals surface area contributed by atoms with Crippen LogP contribution in [-0.2, 0) is 30.3 Å². The molecule has 0 saturated carbocycles. The van der Waals surface area contributed by atoms with Gasteiger partial charge in [-0.3, -0.25) is 0 Å². The van der Waals surface area contributed by atoms with E-state index in [0.717, 1.165) is 16.7 Å². The lowest BCUT2D eigenvalue weighted by Gasteiger charge is -2.48. The zero-order chi connectivity index (χ0) is 25.5. The maximum absolute atomic E-state index is 10.9. The van der Waals surface area contributed by atoms with Crippen LogP contribution < -0.4 is 0 Å². The Morgan fingerprint density at radius 3 is 2.27 bits per heavy atom. The quantitative estimate of drug-likeness (QED) is 0.293. The van der Waals surface area contributed by atoms with Gasteiger partial charge >= 0.3 is 0 Å². The lowest BCUT2D eigenvalue weighted by molar-refractivity contribution is -0.364. The highest BCUT2D eigenvalue weighted by molar-refractivity contribution is 7.99. The standard InChI is InChI=1S/C30H32O6S/c1-21(20-37-24-15-9-4-10-16-24)17-32-28-27(33-18-22-11-5-2-6-12-22)26-25(35-29(28)31)19-34-30(36-26)23-13-7-3-8-14-23/h2-16,25-31H,1,17-20H2/t25-,26-,27+,28-,29-,30?/m1/s1. The highest BCUT2D eigenvalue weighted by Gasteiger charge is 2.51. The van der Waals surface area contributed by atoms with Crippen LogP contribution >= 0.6 is 11.8 Å². The van der Waals surface area contributed by atoms with E-state index in [1.807, 2.05) is 78.9 Å². The summed E-state index contributed by atoms with van der Waals surface area (Å²) in [4.78, 5) is 1.17. The molecule has 37 heavy (non-hydrogen) atoms. The molecule has 0 amide bonds. The van der Waals surface area contributed by atoms with Crippen LogP contribution in [0.15, 0.2) is 108 Å². The molecule has 2 heterocycles. The lowest BCUT2D eigenvalue weighted by Crippen LogP contribution is -2.63. The number of fused-ring (bicyclic) bond motifs is 1. The third-order valence-electron chi connectivity index (χ3n) is 6.32. The summed E-state index contributed by atoms with van der Waals surface area (Å²) in [7, 11) is 0. The van der Waals surface area contributed by atoms with Gasteiger partial charge in [-0.05, 0) is 23.3 Å². The first kappa shape index (κ1) is 26.1. The molecule has 6 nitrogen and oxygen atoms in total. The van der Waals surface area contributed by atoms with Crippen LogP contribution in [-0.4, -0.2) is 54.8 Å². The van der Waals surface area contributed by atoms with Gasteiger partial charge in [-0.15, -0.1) is 11.8 Å². The molecule has 0 aliphatic carbocycles. The van der Waals surface area contributed by atoms with Gasteiger partial charge in [-0.2, -0.15) is 0 Å². The molecule has 0 spiro atoms. The van der Waals surface area contributed by atoms with E-state index in [4.69, 9.17) is 23.7 Å². The van der Waals surface area contributed by atoms with Crippen molar-refractivity contribution in [2.24, 2.45) is 0 Å². The minimum Gasteiger partial charge on any atom is -0.368 e. The van der Waals surface area contributed by atoms with E-state index >= 15 is 0 Å². The van der Waals surface area contributed by atoms with Gasteiger partial charge in [0.2, 0.25) is 0 Å². The Labute approximate surface area is 222 Å². The first-order valence-corrected chi connectivity index (χ1v) is 13.4. The van der Waals surface area contributed by atoms with E-state index in [-0.39, 0.29) is 13.2 Å². The van der Waals surface area contributed by atoms with Crippen LogP contribution in [0, 0.1) is 0 Å². The van der Waals surface area contributed by atoms with Gasteiger partial charge in [-0.25, -0.2) is 0 Å². The Kier molecular flexibility index (Phi) is 9.07. The van der Waals surface area contributed by atoms with Gasteiger partial charge in [0.1, 0.15) is 24.4 Å². The Morgan fingerprint density at radius 1 is 0.865 bits per heavy atom. The number of benzene rings is 3. The molecule has 2 aliphatic heterocycles. The van der Waals surface area contributed by atoms with Crippen molar-refractivity contribution in [3.63, 3.8) is 0 Å². The summed E-state index contributed by atoms with van der Waals surface area (Å²) in [5, 5.41) is 10.9. The number of hydrogen-bond acceptors (Lipinski definition) is 7. The minimum atomic E-state index is -1.18. The molecule has 2 fully saturated rings. The minimum absolute atomic E-state index is 0.270. The van der Waals surface area contributed by atoms with E-state index in [1.54, 1.807) is 11.8 Å². The predicted octanol–water partition coefficient (Wildman–Crippen LogP) is 5.14. The Hall–Kier alpha value is -2.49. The molecule has 0 aromatic heterocycles. The first-order chi connectivity index (χ1) is 18.2. The molecule has 3 aromatic rings. The predicted molar refractivity (Wildman–Crippen MR) is 142 cm³/mol. The molecular weight excluding hydrogens is 488 g/mol. The maximum Gasteiger partial charge on any atom is 0.184 e. The summed E-state index contributed by atoms with van der Waals surface area (Å²) >= 11 is 1.69. The fourth-order valence-electron chi connectivity index (χ4n) is 4.43. The van der Waals surface area contributed by atoms with Crippen molar-refractivity contribution in [1.82, 2.24) is 0 Å². The average Bonchev–Trinajstić information content (AvgIpc) is 2.95. The Balaban J connectivity index is 1.28. The number of aliphatic hydroxyl groups is 1. The molecule has 1 unspecified atom stereocenters. The van der Waals surface area contributed by atoms with Crippen LogP contribution in [0.3, 0.4) is 0 Å². The van der Waals surface area contributed by atoms with Crippen molar-refractivity contribution in [3.05, 3.63) is 114 Å². The fourth-order valence-corrected chi connectivity index (χ4v) is 5.24. The van der Waals surface area contributed by atoms with Gasteiger partial charge in [0, 0.05) is 16.2 Å². The zero-order valence-electron chi connectivity index (χ0n) is 20.6. The second-order valence-corrected chi connectivity index (χ2v) is 10.2. The number of hydrogen-bond donors (Lipinski definition) is 1. The molecule has 0 bridgehead atoms. The maximum atomic E-state index is 10.9. The normalized spacial score (nSPS) is 27.4. The van der Waals surface area contributed by atoms with Crippen molar-refractivity contribution in [3.8, 4) is 0 Å². The molecular formula is C30H32O6S. The van der Waals surface area contributed by atoms with Gasteiger partial charge in [0.05, 0.1) is 19.8 Å². The van der Waals surface area contributed by atoms with E-state index in [2.05, 4.69) is 18.7 Å². The monoisotopic (exact) mass is 520 g/mol. The van der Waals surface area contributed by atoms with Crippen LogP contribution in [0.5, 0.6) is 0 Å². The fraction of sp³-hybridized carbons (Fsp3) is 0.333. The first-order valence-electron chi connectivity index (χ1n) is 12.4. The molecule has 0 radical (unpaired) electrons. The van der Waals surface area contributed by atoms with Crippen molar-refractivity contribution < 1.29 is 28.8 Å². The average molecular weight is 521 g/mol. The lowest BCUT2D eigenvalue weighted by atomic mass is 9.97. The highest BCUT2D eigenvalue weighted by Crippen LogP contribution is 2.36. The largest absolute Gasteiger partial charge is 0.368 e. The zero-order valence-corrected chi connectivity index (χ0v) is 21.4. The van der Waals surface area contributed by atoms with Gasteiger partial charge in [0.25, 0.3) is 0 Å². The summed E-state index contributed by atoms with van der Waals surface area (Å²) in [5.41, 5.74) is 2.84. The number of aliphatic hydroxyl groups excluding tert-OH is 1. The van der Waals surface area contributed by atoms with Crippen LogP contribution in [0.25, 0.3) is 0 Å². The van der Waals surface area contributed by atoms with Crippen molar-refractivity contribution in [2.75, 3.05) is 19.0 Å². The summed E-state index contributed by atoms with van der Waals surface area (Å²) in [6.45, 7) is 5.07. The number of rotatable bonds is 10.